The maximum absolute atomic E-state index is 12.2. The first kappa shape index (κ1) is 15.9. The van der Waals surface area contributed by atoms with Gasteiger partial charge in [0.1, 0.15) is 11.5 Å². The molecule has 0 fully saturated rings. The lowest BCUT2D eigenvalue weighted by molar-refractivity contribution is -0.116. The first-order valence-electron chi connectivity index (χ1n) is 7.06. The molecule has 0 unspecified atom stereocenters. The molecule has 2 aromatic rings. The molecule has 6 heteroatoms. The van der Waals surface area contributed by atoms with Crippen LogP contribution in [0, 0.1) is 6.92 Å². The van der Waals surface area contributed by atoms with Gasteiger partial charge in [-0.25, -0.2) is 0 Å². The van der Waals surface area contributed by atoms with Crippen LogP contribution in [0.1, 0.15) is 25.1 Å². The SMILES string of the molecule is COc1cc(NC(=O)C[C@@H](C)n2ccc(C)n2)cc(OC)c1. The molecule has 0 radical (unpaired) electrons. The molecule has 0 spiro atoms. The quantitative estimate of drug-likeness (QED) is 0.891. The zero-order valence-corrected chi connectivity index (χ0v) is 13.3. The number of rotatable bonds is 6. The van der Waals surface area contributed by atoms with Gasteiger partial charge in [-0.2, -0.15) is 5.10 Å². The molecule has 1 atom stereocenters. The van der Waals surface area contributed by atoms with Crippen LogP contribution < -0.4 is 14.8 Å². The van der Waals surface area contributed by atoms with Crippen molar-refractivity contribution in [2.24, 2.45) is 0 Å². The van der Waals surface area contributed by atoms with Crippen LogP contribution in [-0.2, 0) is 4.79 Å². The molecular formula is C16H21N3O3. The van der Waals surface area contributed by atoms with Crippen LogP contribution in [0.3, 0.4) is 0 Å². The Hall–Kier alpha value is -2.50. The number of nitrogens with zero attached hydrogens (tertiary/aromatic N) is 2. The molecule has 0 aliphatic heterocycles. The van der Waals surface area contributed by atoms with Crippen LogP contribution in [-0.4, -0.2) is 29.9 Å². The molecule has 1 N–H and O–H groups in total. The molecule has 2 rings (SSSR count). The zero-order chi connectivity index (χ0) is 16.1. The lowest BCUT2D eigenvalue weighted by Gasteiger charge is -2.13. The average molecular weight is 303 g/mol. The summed E-state index contributed by atoms with van der Waals surface area (Å²) in [6.45, 7) is 3.88. The molecule has 1 heterocycles. The number of hydrogen-bond donors (Lipinski definition) is 1. The summed E-state index contributed by atoms with van der Waals surface area (Å²) in [7, 11) is 3.14. The van der Waals surface area contributed by atoms with E-state index in [0.717, 1.165) is 5.69 Å². The van der Waals surface area contributed by atoms with Crippen molar-refractivity contribution >= 4 is 11.6 Å². The maximum atomic E-state index is 12.2. The van der Waals surface area contributed by atoms with Crippen LogP contribution in [0.25, 0.3) is 0 Å². The molecular weight excluding hydrogens is 282 g/mol. The van der Waals surface area contributed by atoms with Crippen molar-refractivity contribution in [3.05, 3.63) is 36.2 Å². The van der Waals surface area contributed by atoms with E-state index in [4.69, 9.17) is 9.47 Å². The number of amides is 1. The molecule has 0 bridgehead atoms. The van der Waals surface area contributed by atoms with E-state index in [2.05, 4.69) is 10.4 Å². The van der Waals surface area contributed by atoms with Gasteiger partial charge in [0, 0.05) is 36.5 Å². The molecule has 22 heavy (non-hydrogen) atoms. The number of carbonyl (C=O) groups excluding carboxylic acids is 1. The first-order valence-corrected chi connectivity index (χ1v) is 7.06. The largest absolute Gasteiger partial charge is 0.497 e. The molecule has 1 aromatic carbocycles. The number of benzene rings is 1. The number of hydrogen-bond acceptors (Lipinski definition) is 4. The van der Waals surface area contributed by atoms with Gasteiger partial charge >= 0.3 is 0 Å². The summed E-state index contributed by atoms with van der Waals surface area (Å²) >= 11 is 0. The summed E-state index contributed by atoms with van der Waals surface area (Å²) in [6.07, 6.45) is 2.21. The number of aryl methyl sites for hydroxylation is 1. The predicted molar refractivity (Wildman–Crippen MR) is 84.5 cm³/mol. The minimum absolute atomic E-state index is 0.0128. The second-order valence-electron chi connectivity index (χ2n) is 5.14. The van der Waals surface area contributed by atoms with E-state index in [0.29, 0.717) is 23.6 Å². The van der Waals surface area contributed by atoms with Crippen molar-refractivity contribution < 1.29 is 14.3 Å². The summed E-state index contributed by atoms with van der Waals surface area (Å²) in [6, 6.07) is 7.17. The van der Waals surface area contributed by atoms with E-state index in [1.807, 2.05) is 26.1 Å². The summed E-state index contributed by atoms with van der Waals surface area (Å²) in [5, 5.41) is 7.18. The second-order valence-corrected chi connectivity index (χ2v) is 5.14. The lowest BCUT2D eigenvalue weighted by Crippen LogP contribution is -2.18. The Bertz CT molecular complexity index is 630. The summed E-state index contributed by atoms with van der Waals surface area (Å²) in [5.41, 5.74) is 1.58. The van der Waals surface area contributed by atoms with Crippen LogP contribution in [0.5, 0.6) is 11.5 Å². The third kappa shape index (κ3) is 4.00. The Morgan fingerprint density at radius 3 is 2.41 bits per heavy atom. The maximum Gasteiger partial charge on any atom is 0.226 e. The van der Waals surface area contributed by atoms with Crippen LogP contribution in [0.15, 0.2) is 30.5 Å². The molecule has 0 aliphatic rings. The van der Waals surface area contributed by atoms with Gasteiger partial charge in [-0.3, -0.25) is 9.48 Å². The highest BCUT2D eigenvalue weighted by molar-refractivity contribution is 5.91. The average Bonchev–Trinajstić information content (AvgIpc) is 2.93. The van der Waals surface area contributed by atoms with Crippen molar-refractivity contribution in [1.29, 1.82) is 0 Å². The van der Waals surface area contributed by atoms with Gasteiger partial charge in [0.2, 0.25) is 5.91 Å². The molecule has 1 amide bonds. The molecule has 0 saturated heterocycles. The topological polar surface area (TPSA) is 65.4 Å². The minimum Gasteiger partial charge on any atom is -0.497 e. The predicted octanol–water partition coefficient (Wildman–Crippen LogP) is 2.80. The Morgan fingerprint density at radius 1 is 1.27 bits per heavy atom. The number of aromatic nitrogens is 2. The Labute approximate surface area is 130 Å². The van der Waals surface area contributed by atoms with Gasteiger partial charge in [-0.1, -0.05) is 0 Å². The Morgan fingerprint density at radius 2 is 1.91 bits per heavy atom. The zero-order valence-electron chi connectivity index (χ0n) is 13.3. The Balaban J connectivity index is 2.02. The smallest absolute Gasteiger partial charge is 0.226 e. The van der Waals surface area contributed by atoms with E-state index in [9.17, 15) is 4.79 Å². The van der Waals surface area contributed by atoms with Crippen molar-refractivity contribution in [2.75, 3.05) is 19.5 Å². The Kier molecular flexibility index (Phi) is 5.04. The third-order valence-corrected chi connectivity index (χ3v) is 3.31. The lowest BCUT2D eigenvalue weighted by atomic mass is 10.2. The minimum atomic E-state index is -0.0871. The third-order valence-electron chi connectivity index (χ3n) is 3.31. The highest BCUT2D eigenvalue weighted by Crippen LogP contribution is 2.26. The van der Waals surface area contributed by atoms with Gasteiger partial charge in [-0.05, 0) is 19.9 Å². The van der Waals surface area contributed by atoms with E-state index in [1.165, 1.54) is 0 Å². The molecule has 6 nitrogen and oxygen atoms in total. The number of methoxy groups -OCH3 is 2. The van der Waals surface area contributed by atoms with Crippen molar-refractivity contribution in [3.63, 3.8) is 0 Å². The second kappa shape index (κ2) is 6.98. The molecule has 0 aliphatic carbocycles. The van der Waals surface area contributed by atoms with Crippen molar-refractivity contribution in [3.8, 4) is 11.5 Å². The fraction of sp³-hybridized carbons (Fsp3) is 0.375. The van der Waals surface area contributed by atoms with E-state index < -0.39 is 0 Å². The molecule has 118 valence electrons. The normalized spacial score (nSPS) is 11.8. The number of anilines is 1. The van der Waals surface area contributed by atoms with Gasteiger partial charge in [0.15, 0.2) is 0 Å². The monoisotopic (exact) mass is 303 g/mol. The summed E-state index contributed by atoms with van der Waals surface area (Å²) in [4.78, 5) is 12.2. The highest BCUT2D eigenvalue weighted by Gasteiger charge is 2.12. The fourth-order valence-corrected chi connectivity index (χ4v) is 2.13. The van der Waals surface area contributed by atoms with Gasteiger partial charge in [-0.15, -0.1) is 0 Å². The van der Waals surface area contributed by atoms with Gasteiger partial charge in [0.25, 0.3) is 0 Å². The van der Waals surface area contributed by atoms with Crippen molar-refractivity contribution in [2.45, 2.75) is 26.3 Å². The van der Waals surface area contributed by atoms with E-state index in [-0.39, 0.29) is 11.9 Å². The number of carbonyl (C=O) groups is 1. The van der Waals surface area contributed by atoms with E-state index >= 15 is 0 Å². The fourth-order valence-electron chi connectivity index (χ4n) is 2.13. The first-order chi connectivity index (χ1) is 10.5. The summed E-state index contributed by atoms with van der Waals surface area (Å²) < 4.78 is 12.2. The number of nitrogens with one attached hydrogen (secondary N) is 1. The van der Waals surface area contributed by atoms with E-state index in [1.54, 1.807) is 37.1 Å². The van der Waals surface area contributed by atoms with Crippen LogP contribution >= 0.6 is 0 Å². The standard InChI is InChI=1S/C16H21N3O3/c1-11-5-6-19(18-11)12(2)7-16(20)17-13-8-14(21-3)10-15(9-13)22-4/h5-6,8-10,12H,7H2,1-4H3,(H,17,20)/t12-/m1/s1. The van der Waals surface area contributed by atoms with Gasteiger partial charge in [0.05, 0.1) is 26.0 Å². The number of ether oxygens (including phenoxy) is 2. The van der Waals surface area contributed by atoms with Crippen molar-refractivity contribution in [1.82, 2.24) is 9.78 Å². The van der Waals surface area contributed by atoms with Gasteiger partial charge < -0.3 is 14.8 Å². The molecule has 1 aromatic heterocycles. The van der Waals surface area contributed by atoms with Crippen LogP contribution in [0.2, 0.25) is 0 Å². The summed E-state index contributed by atoms with van der Waals surface area (Å²) in [5.74, 6) is 1.17. The van der Waals surface area contributed by atoms with Crippen LogP contribution in [0.4, 0.5) is 5.69 Å². The highest BCUT2D eigenvalue weighted by atomic mass is 16.5. The molecule has 0 saturated carbocycles.